The highest BCUT2D eigenvalue weighted by Gasteiger charge is 2.30. The Morgan fingerprint density at radius 3 is 2.15 bits per heavy atom. The van der Waals surface area contributed by atoms with E-state index < -0.39 is 23.4 Å². The summed E-state index contributed by atoms with van der Waals surface area (Å²) in [5, 5.41) is 1.71. The van der Waals surface area contributed by atoms with Crippen molar-refractivity contribution in [1.82, 2.24) is 5.43 Å². The summed E-state index contributed by atoms with van der Waals surface area (Å²) >= 11 is 5.99. The van der Waals surface area contributed by atoms with Crippen molar-refractivity contribution in [2.75, 3.05) is 5.01 Å². The van der Waals surface area contributed by atoms with Crippen molar-refractivity contribution in [2.24, 2.45) is 0 Å². The molecule has 0 fully saturated rings. The third-order valence-corrected chi connectivity index (χ3v) is 3.36. The smallest absolute Gasteiger partial charge is 0.426 e. The topological polar surface area (TPSA) is 41.6 Å². The van der Waals surface area contributed by atoms with Crippen LogP contribution in [0, 0.1) is 0 Å². The third-order valence-electron chi connectivity index (χ3n) is 3.12. The fraction of sp³-hybridized carbons (Fsp3) is 0.278. The Hall–Kier alpha value is -2.41. The summed E-state index contributed by atoms with van der Waals surface area (Å²) in [4.78, 5) is 12.1. The first-order chi connectivity index (χ1) is 12.0. The van der Waals surface area contributed by atoms with Crippen LogP contribution < -0.4 is 10.4 Å². The van der Waals surface area contributed by atoms with E-state index in [9.17, 15) is 18.0 Å². The van der Waals surface area contributed by atoms with Gasteiger partial charge in [-0.1, -0.05) is 17.7 Å². The quantitative estimate of drug-likeness (QED) is 0.664. The molecule has 0 aliphatic rings. The molecule has 0 unspecified atom stereocenters. The zero-order valence-electron chi connectivity index (χ0n) is 14.4. The van der Waals surface area contributed by atoms with Gasteiger partial charge in [0.1, 0.15) is 5.60 Å². The second-order valence-electron chi connectivity index (χ2n) is 6.47. The van der Waals surface area contributed by atoms with Gasteiger partial charge in [0.15, 0.2) is 0 Å². The molecule has 2 aromatic rings. The van der Waals surface area contributed by atoms with Crippen molar-refractivity contribution in [2.45, 2.75) is 32.5 Å². The Labute approximate surface area is 154 Å². The normalized spacial score (nSPS) is 11.8. The largest absolute Gasteiger partial charge is 0.443 e. The van der Waals surface area contributed by atoms with Gasteiger partial charge in [-0.3, -0.25) is 5.01 Å². The molecule has 1 amide bonds. The van der Waals surface area contributed by atoms with Gasteiger partial charge < -0.3 is 4.74 Å². The monoisotopic (exact) mass is 386 g/mol. The average molecular weight is 387 g/mol. The van der Waals surface area contributed by atoms with E-state index in [1.165, 1.54) is 17.1 Å². The molecule has 26 heavy (non-hydrogen) atoms. The number of alkyl halides is 3. The van der Waals surface area contributed by atoms with Gasteiger partial charge in [0, 0.05) is 5.02 Å². The zero-order chi connectivity index (χ0) is 19.5. The van der Waals surface area contributed by atoms with Crippen LogP contribution in [0.2, 0.25) is 5.02 Å². The molecule has 2 aromatic carbocycles. The van der Waals surface area contributed by atoms with E-state index in [2.05, 4.69) is 5.43 Å². The predicted molar refractivity (Wildman–Crippen MR) is 94.4 cm³/mol. The number of hydrogen-bond donors (Lipinski definition) is 1. The molecule has 140 valence electrons. The summed E-state index contributed by atoms with van der Waals surface area (Å²) in [7, 11) is 0. The fourth-order valence-corrected chi connectivity index (χ4v) is 2.27. The number of hydrazine groups is 1. The fourth-order valence-electron chi connectivity index (χ4n) is 2.09. The summed E-state index contributed by atoms with van der Waals surface area (Å²) in [6.07, 6.45) is -5.20. The van der Waals surface area contributed by atoms with Crippen LogP contribution in [0.15, 0.2) is 48.5 Å². The number of anilines is 2. The number of rotatable bonds is 3. The van der Waals surface area contributed by atoms with Crippen LogP contribution in [0.4, 0.5) is 29.3 Å². The van der Waals surface area contributed by atoms with Gasteiger partial charge in [-0.25, -0.2) is 10.2 Å². The minimum atomic E-state index is -4.45. The van der Waals surface area contributed by atoms with Gasteiger partial charge in [0.05, 0.1) is 16.9 Å². The molecule has 8 heteroatoms. The van der Waals surface area contributed by atoms with E-state index in [1.54, 1.807) is 45.0 Å². The predicted octanol–water partition coefficient (Wildman–Crippen LogP) is 5.94. The molecule has 0 aliphatic heterocycles. The summed E-state index contributed by atoms with van der Waals surface area (Å²) in [5.74, 6) is 0. The first kappa shape index (κ1) is 19.9. The highest BCUT2D eigenvalue weighted by molar-refractivity contribution is 6.30. The van der Waals surface area contributed by atoms with Crippen LogP contribution in [0.1, 0.15) is 26.3 Å². The number of benzene rings is 2. The second kappa shape index (κ2) is 7.45. The second-order valence-corrected chi connectivity index (χ2v) is 6.91. The van der Waals surface area contributed by atoms with Crippen molar-refractivity contribution < 1.29 is 22.7 Å². The van der Waals surface area contributed by atoms with Crippen LogP contribution in [0.25, 0.3) is 0 Å². The maximum Gasteiger partial charge on any atom is 0.426 e. The Balaban J connectivity index is 2.36. The molecular weight excluding hydrogens is 369 g/mol. The maximum absolute atomic E-state index is 12.8. The molecule has 2 rings (SSSR count). The minimum Gasteiger partial charge on any atom is -0.443 e. The average Bonchev–Trinajstić information content (AvgIpc) is 2.50. The molecule has 0 heterocycles. The molecule has 0 saturated carbocycles. The van der Waals surface area contributed by atoms with Crippen LogP contribution in [-0.4, -0.2) is 11.7 Å². The Morgan fingerprint density at radius 2 is 1.65 bits per heavy atom. The number of nitrogens with one attached hydrogen (secondary N) is 1. The number of carbonyl (C=O) groups is 1. The molecule has 0 radical (unpaired) electrons. The molecule has 0 aromatic heterocycles. The van der Waals surface area contributed by atoms with Crippen molar-refractivity contribution in [3.05, 3.63) is 59.1 Å². The van der Waals surface area contributed by atoms with E-state index in [0.717, 1.165) is 12.1 Å². The van der Waals surface area contributed by atoms with Crippen LogP contribution in [0.5, 0.6) is 0 Å². The molecule has 0 atom stereocenters. The van der Waals surface area contributed by atoms with Gasteiger partial charge >= 0.3 is 12.3 Å². The summed E-state index contributed by atoms with van der Waals surface area (Å²) in [6.45, 7) is 5.11. The van der Waals surface area contributed by atoms with E-state index in [1.807, 2.05) is 0 Å². The molecule has 1 N–H and O–H groups in total. The standard InChI is InChI=1S/C18H18ClF3N2O2/c1-17(2,3)26-16(25)23-24(15-6-4-5-13(19)11-15)14-9-7-12(8-10-14)18(20,21)22/h4-11H,1-3H3,(H,23,25). The van der Waals surface area contributed by atoms with E-state index in [4.69, 9.17) is 16.3 Å². The van der Waals surface area contributed by atoms with Crippen molar-refractivity contribution >= 4 is 29.1 Å². The summed E-state index contributed by atoms with van der Waals surface area (Å²) < 4.78 is 43.5. The first-order valence-corrected chi connectivity index (χ1v) is 8.06. The Morgan fingerprint density at radius 1 is 1.04 bits per heavy atom. The van der Waals surface area contributed by atoms with E-state index in [0.29, 0.717) is 16.4 Å². The van der Waals surface area contributed by atoms with Crippen molar-refractivity contribution in [3.63, 3.8) is 0 Å². The van der Waals surface area contributed by atoms with Gasteiger partial charge in [0.2, 0.25) is 0 Å². The maximum atomic E-state index is 12.8. The Kier molecular flexibility index (Phi) is 5.71. The lowest BCUT2D eigenvalue weighted by atomic mass is 10.2. The van der Waals surface area contributed by atoms with Crippen LogP contribution >= 0.6 is 11.6 Å². The molecule has 0 spiro atoms. The number of amides is 1. The van der Waals surface area contributed by atoms with Crippen LogP contribution in [0.3, 0.4) is 0 Å². The number of nitrogens with zero attached hydrogens (tertiary/aromatic N) is 1. The first-order valence-electron chi connectivity index (χ1n) is 7.68. The van der Waals surface area contributed by atoms with Gasteiger partial charge in [0.25, 0.3) is 0 Å². The van der Waals surface area contributed by atoms with Crippen LogP contribution in [-0.2, 0) is 10.9 Å². The lowest BCUT2D eigenvalue weighted by Gasteiger charge is -2.28. The molecule has 0 bridgehead atoms. The van der Waals surface area contributed by atoms with Gasteiger partial charge in [-0.15, -0.1) is 0 Å². The van der Waals surface area contributed by atoms with Crippen molar-refractivity contribution in [1.29, 1.82) is 0 Å². The van der Waals surface area contributed by atoms with Gasteiger partial charge in [-0.05, 0) is 63.2 Å². The Bertz CT molecular complexity index is 771. The molecule has 0 saturated heterocycles. The number of hydrogen-bond acceptors (Lipinski definition) is 3. The number of carbonyl (C=O) groups excluding carboxylic acids is 1. The highest BCUT2D eigenvalue weighted by Crippen LogP contribution is 2.32. The number of ether oxygens (including phenoxy) is 1. The van der Waals surface area contributed by atoms with Crippen molar-refractivity contribution in [3.8, 4) is 0 Å². The SMILES string of the molecule is CC(C)(C)OC(=O)NN(c1ccc(C(F)(F)F)cc1)c1cccc(Cl)c1. The van der Waals surface area contributed by atoms with Gasteiger partial charge in [-0.2, -0.15) is 13.2 Å². The summed E-state index contributed by atoms with van der Waals surface area (Å²) in [5.41, 5.74) is 1.78. The number of halogens is 4. The highest BCUT2D eigenvalue weighted by atomic mass is 35.5. The third kappa shape index (κ3) is 5.56. The molecule has 4 nitrogen and oxygen atoms in total. The van der Waals surface area contributed by atoms with E-state index >= 15 is 0 Å². The lowest BCUT2D eigenvalue weighted by molar-refractivity contribution is -0.137. The van der Waals surface area contributed by atoms with E-state index in [-0.39, 0.29) is 0 Å². The summed E-state index contributed by atoms with van der Waals surface area (Å²) in [6, 6.07) is 10.9. The zero-order valence-corrected chi connectivity index (χ0v) is 15.2. The lowest BCUT2D eigenvalue weighted by Crippen LogP contribution is -2.42. The molecule has 0 aliphatic carbocycles. The molecular formula is C18H18ClF3N2O2. The minimum absolute atomic E-state index is 0.311.